The van der Waals surface area contributed by atoms with E-state index in [1.807, 2.05) is 28.9 Å². The first-order valence-electron chi connectivity index (χ1n) is 4.89. The number of rotatable bonds is 3. The minimum absolute atomic E-state index is 0.348. The Hall–Kier alpha value is -1.35. The van der Waals surface area contributed by atoms with Gasteiger partial charge in [-0.25, -0.2) is 0 Å². The molecule has 1 aromatic carbocycles. The van der Waals surface area contributed by atoms with Gasteiger partial charge in [0.1, 0.15) is 0 Å². The van der Waals surface area contributed by atoms with Gasteiger partial charge in [0.2, 0.25) is 0 Å². The maximum atomic E-state index is 11.2. The van der Waals surface area contributed by atoms with Gasteiger partial charge < -0.3 is 0 Å². The number of para-hydroxylation sites is 1. The Labute approximate surface area is 92.6 Å². The number of hydrogen-bond acceptors (Lipinski definition) is 2. The standard InChI is InChI=1S/C11H11ClN2O/c1-2-7-14-9-6-4-3-5-8(9)10(13-14)11(12)15/h3-6H,2,7H2,1H3. The van der Waals surface area contributed by atoms with E-state index in [0.29, 0.717) is 5.69 Å². The van der Waals surface area contributed by atoms with Crippen LogP contribution >= 0.6 is 11.6 Å². The molecular weight excluding hydrogens is 212 g/mol. The molecule has 1 heterocycles. The van der Waals surface area contributed by atoms with Crippen LogP contribution in [0.25, 0.3) is 10.9 Å². The monoisotopic (exact) mass is 222 g/mol. The number of aryl methyl sites for hydroxylation is 1. The highest BCUT2D eigenvalue weighted by molar-refractivity contribution is 6.68. The summed E-state index contributed by atoms with van der Waals surface area (Å²) >= 11 is 5.48. The fraction of sp³-hybridized carbons (Fsp3) is 0.273. The molecule has 0 N–H and O–H groups in total. The molecule has 0 aliphatic heterocycles. The van der Waals surface area contributed by atoms with E-state index in [1.165, 1.54) is 0 Å². The molecule has 78 valence electrons. The molecule has 15 heavy (non-hydrogen) atoms. The van der Waals surface area contributed by atoms with E-state index in [0.717, 1.165) is 23.9 Å². The molecule has 0 bridgehead atoms. The molecule has 0 saturated heterocycles. The zero-order valence-corrected chi connectivity index (χ0v) is 9.16. The van der Waals surface area contributed by atoms with E-state index in [4.69, 9.17) is 11.6 Å². The van der Waals surface area contributed by atoms with Crippen molar-refractivity contribution in [3.05, 3.63) is 30.0 Å². The lowest BCUT2D eigenvalue weighted by Gasteiger charge is -1.98. The number of nitrogens with zero attached hydrogens (tertiary/aromatic N) is 2. The van der Waals surface area contributed by atoms with Crippen LogP contribution < -0.4 is 0 Å². The summed E-state index contributed by atoms with van der Waals surface area (Å²) in [5.74, 6) is 0. The highest BCUT2D eigenvalue weighted by Gasteiger charge is 2.13. The molecule has 2 aromatic rings. The van der Waals surface area contributed by atoms with Gasteiger partial charge in [-0.3, -0.25) is 9.48 Å². The van der Waals surface area contributed by atoms with Crippen molar-refractivity contribution in [2.75, 3.05) is 0 Å². The van der Waals surface area contributed by atoms with Crippen LogP contribution in [0.4, 0.5) is 0 Å². The van der Waals surface area contributed by atoms with Gasteiger partial charge >= 0.3 is 0 Å². The molecule has 0 radical (unpaired) electrons. The number of fused-ring (bicyclic) bond motifs is 1. The third-order valence-electron chi connectivity index (χ3n) is 2.28. The summed E-state index contributed by atoms with van der Waals surface area (Å²) in [7, 11) is 0. The van der Waals surface area contributed by atoms with Crippen LogP contribution in [0.2, 0.25) is 0 Å². The van der Waals surface area contributed by atoms with Gasteiger partial charge in [0, 0.05) is 11.9 Å². The quantitative estimate of drug-likeness (QED) is 0.749. The fourth-order valence-electron chi connectivity index (χ4n) is 1.65. The second-order valence-electron chi connectivity index (χ2n) is 3.36. The summed E-state index contributed by atoms with van der Waals surface area (Å²) in [6.45, 7) is 2.86. The third-order valence-corrected chi connectivity index (χ3v) is 2.46. The normalized spacial score (nSPS) is 10.8. The second kappa shape index (κ2) is 4.03. The van der Waals surface area contributed by atoms with Crippen molar-refractivity contribution >= 4 is 27.7 Å². The van der Waals surface area contributed by atoms with Crippen molar-refractivity contribution < 1.29 is 4.79 Å². The van der Waals surface area contributed by atoms with Crippen molar-refractivity contribution in [3.63, 3.8) is 0 Å². The molecule has 0 spiro atoms. The molecule has 0 unspecified atom stereocenters. The van der Waals surface area contributed by atoms with Crippen molar-refractivity contribution in [1.82, 2.24) is 9.78 Å². The van der Waals surface area contributed by atoms with Gasteiger partial charge in [-0.1, -0.05) is 25.1 Å². The number of benzene rings is 1. The van der Waals surface area contributed by atoms with Crippen LogP contribution in [-0.2, 0) is 6.54 Å². The minimum atomic E-state index is -0.499. The van der Waals surface area contributed by atoms with E-state index in [2.05, 4.69) is 12.0 Å². The summed E-state index contributed by atoms with van der Waals surface area (Å²) in [5.41, 5.74) is 1.31. The van der Waals surface area contributed by atoms with Crippen LogP contribution in [0.3, 0.4) is 0 Å². The van der Waals surface area contributed by atoms with Crippen LogP contribution in [0, 0.1) is 0 Å². The van der Waals surface area contributed by atoms with Crippen LogP contribution in [0.5, 0.6) is 0 Å². The van der Waals surface area contributed by atoms with Gasteiger partial charge in [-0.05, 0) is 24.1 Å². The summed E-state index contributed by atoms with van der Waals surface area (Å²) < 4.78 is 1.82. The number of carbonyl (C=O) groups is 1. The van der Waals surface area contributed by atoms with E-state index in [1.54, 1.807) is 0 Å². The van der Waals surface area contributed by atoms with E-state index in [-0.39, 0.29) is 0 Å². The molecular formula is C11H11ClN2O. The third kappa shape index (κ3) is 1.75. The molecule has 0 aliphatic carbocycles. The Morgan fingerprint density at radius 3 is 2.87 bits per heavy atom. The van der Waals surface area contributed by atoms with Gasteiger partial charge in [0.25, 0.3) is 5.24 Å². The van der Waals surface area contributed by atoms with Crippen molar-refractivity contribution in [1.29, 1.82) is 0 Å². The lowest BCUT2D eigenvalue weighted by Crippen LogP contribution is -2.00. The van der Waals surface area contributed by atoms with Gasteiger partial charge in [-0.15, -0.1) is 0 Å². The fourth-order valence-corrected chi connectivity index (χ4v) is 1.79. The molecule has 0 amide bonds. The van der Waals surface area contributed by atoms with Crippen molar-refractivity contribution in [2.45, 2.75) is 19.9 Å². The Morgan fingerprint density at radius 1 is 1.47 bits per heavy atom. The highest BCUT2D eigenvalue weighted by atomic mass is 35.5. The van der Waals surface area contributed by atoms with Gasteiger partial charge in [-0.2, -0.15) is 5.10 Å². The van der Waals surface area contributed by atoms with Crippen LogP contribution in [0.15, 0.2) is 24.3 Å². The predicted molar refractivity (Wildman–Crippen MR) is 60.2 cm³/mol. The topological polar surface area (TPSA) is 34.9 Å². The maximum absolute atomic E-state index is 11.2. The SMILES string of the molecule is CCCn1nc(C(=O)Cl)c2ccccc21. The Balaban J connectivity index is 2.67. The summed E-state index contributed by atoms with van der Waals surface area (Å²) in [5, 5.41) is 4.54. The summed E-state index contributed by atoms with van der Waals surface area (Å²) in [6, 6.07) is 7.62. The van der Waals surface area contributed by atoms with Crippen molar-refractivity contribution in [2.24, 2.45) is 0 Å². The minimum Gasteiger partial charge on any atom is -0.274 e. The van der Waals surface area contributed by atoms with E-state index >= 15 is 0 Å². The molecule has 0 aliphatic rings. The Bertz CT molecular complexity index is 504. The first-order chi connectivity index (χ1) is 7.24. The lowest BCUT2D eigenvalue weighted by molar-refractivity contribution is 0.107. The zero-order valence-electron chi connectivity index (χ0n) is 8.40. The Morgan fingerprint density at radius 2 is 2.20 bits per heavy atom. The number of halogens is 1. The molecule has 2 rings (SSSR count). The first-order valence-corrected chi connectivity index (χ1v) is 5.27. The zero-order chi connectivity index (χ0) is 10.8. The smallest absolute Gasteiger partial charge is 0.273 e. The van der Waals surface area contributed by atoms with E-state index in [9.17, 15) is 4.79 Å². The van der Waals surface area contributed by atoms with Gasteiger partial charge in [0.15, 0.2) is 5.69 Å². The summed E-state index contributed by atoms with van der Waals surface area (Å²) in [6.07, 6.45) is 0.974. The molecule has 0 atom stereocenters. The van der Waals surface area contributed by atoms with E-state index < -0.39 is 5.24 Å². The maximum Gasteiger partial charge on any atom is 0.273 e. The Kier molecular flexibility index (Phi) is 2.73. The number of hydrogen-bond donors (Lipinski definition) is 0. The molecule has 1 aromatic heterocycles. The molecule has 4 heteroatoms. The molecule has 0 saturated carbocycles. The predicted octanol–water partition coefficient (Wildman–Crippen LogP) is 2.83. The van der Waals surface area contributed by atoms with Crippen molar-refractivity contribution in [3.8, 4) is 0 Å². The average Bonchev–Trinajstić information content (AvgIpc) is 2.59. The number of aromatic nitrogens is 2. The molecule has 0 fully saturated rings. The lowest BCUT2D eigenvalue weighted by atomic mass is 10.2. The second-order valence-corrected chi connectivity index (χ2v) is 3.71. The van der Waals surface area contributed by atoms with Gasteiger partial charge in [0.05, 0.1) is 5.52 Å². The molecule has 3 nitrogen and oxygen atoms in total. The first kappa shape index (κ1) is 10.2. The number of carbonyl (C=O) groups excluding carboxylic acids is 1. The van der Waals surface area contributed by atoms with Crippen LogP contribution in [0.1, 0.15) is 23.8 Å². The highest BCUT2D eigenvalue weighted by Crippen LogP contribution is 2.19. The largest absolute Gasteiger partial charge is 0.274 e. The average molecular weight is 223 g/mol. The van der Waals surface area contributed by atoms with Crippen LogP contribution in [-0.4, -0.2) is 15.0 Å². The summed E-state index contributed by atoms with van der Waals surface area (Å²) in [4.78, 5) is 11.2.